The molecule has 6 nitrogen and oxygen atoms in total. The Morgan fingerprint density at radius 1 is 1.25 bits per heavy atom. The normalized spacial score (nSPS) is 18.8. The Morgan fingerprint density at radius 2 is 2.12 bits per heavy atom. The fraction of sp³-hybridized carbons (Fsp3) is 0.294. The van der Waals surface area contributed by atoms with Crippen LogP contribution in [-0.4, -0.2) is 44.6 Å². The van der Waals surface area contributed by atoms with Crippen molar-refractivity contribution in [3.05, 3.63) is 60.3 Å². The topological polar surface area (TPSA) is 69.8 Å². The van der Waals surface area contributed by atoms with Crippen molar-refractivity contribution in [2.24, 2.45) is 0 Å². The molecule has 1 fully saturated rings. The van der Waals surface area contributed by atoms with E-state index in [9.17, 15) is 4.39 Å². The van der Waals surface area contributed by atoms with Crippen LogP contribution in [0.3, 0.4) is 0 Å². The quantitative estimate of drug-likeness (QED) is 0.772. The number of benzene rings is 1. The third-order valence-electron chi connectivity index (χ3n) is 4.23. The molecule has 0 bridgehead atoms. The molecule has 1 atom stereocenters. The molecule has 2 N–H and O–H groups in total. The maximum Gasteiger partial charge on any atom is 0.126 e. The summed E-state index contributed by atoms with van der Waals surface area (Å²) in [5.74, 6) is 0.610. The highest BCUT2D eigenvalue weighted by Crippen LogP contribution is 2.26. The molecule has 1 aliphatic heterocycles. The predicted octanol–water partition coefficient (Wildman–Crippen LogP) is 2.51. The number of imidazole rings is 2. The average Bonchev–Trinajstić information content (AvgIpc) is 3.28. The first-order valence-corrected chi connectivity index (χ1v) is 7.89. The predicted molar refractivity (Wildman–Crippen MR) is 86.5 cm³/mol. The maximum atomic E-state index is 13.1. The Labute approximate surface area is 138 Å². The van der Waals surface area contributed by atoms with E-state index < -0.39 is 0 Å². The fourth-order valence-electron chi connectivity index (χ4n) is 2.95. The molecule has 0 amide bonds. The van der Waals surface area contributed by atoms with Crippen molar-refractivity contribution in [3.8, 4) is 11.3 Å². The van der Waals surface area contributed by atoms with E-state index in [1.54, 1.807) is 24.7 Å². The summed E-state index contributed by atoms with van der Waals surface area (Å²) in [4.78, 5) is 17.4. The van der Waals surface area contributed by atoms with Gasteiger partial charge in [-0.05, 0) is 29.8 Å². The Kier molecular flexibility index (Phi) is 4.10. The molecule has 1 unspecified atom stereocenters. The van der Waals surface area contributed by atoms with Gasteiger partial charge in [0.05, 0.1) is 37.5 Å². The van der Waals surface area contributed by atoms with Gasteiger partial charge in [-0.25, -0.2) is 14.4 Å². The van der Waals surface area contributed by atoms with Crippen LogP contribution in [-0.2, 0) is 11.3 Å². The van der Waals surface area contributed by atoms with Gasteiger partial charge >= 0.3 is 0 Å². The SMILES string of the molecule is Fc1ccc(-c2cnc(C3COCCN3Cc3cnc[nH]3)[nH]2)cc1. The molecule has 3 heterocycles. The first kappa shape index (κ1) is 15.0. The standard InChI is InChI=1S/C17H18FN5O/c18-13-3-1-12(2-4-13)15-8-20-17(22-15)16-10-24-6-5-23(16)9-14-7-19-11-21-14/h1-4,7-8,11,16H,5-6,9-10H2,(H,19,21)(H,20,22). The smallest absolute Gasteiger partial charge is 0.126 e. The van der Waals surface area contributed by atoms with Gasteiger partial charge in [0.25, 0.3) is 0 Å². The number of hydrogen-bond donors (Lipinski definition) is 2. The van der Waals surface area contributed by atoms with Gasteiger partial charge in [0.1, 0.15) is 11.6 Å². The van der Waals surface area contributed by atoms with Crippen molar-refractivity contribution < 1.29 is 9.13 Å². The first-order chi connectivity index (χ1) is 11.8. The number of aromatic amines is 2. The highest BCUT2D eigenvalue weighted by atomic mass is 19.1. The minimum absolute atomic E-state index is 0.0521. The molecular weight excluding hydrogens is 309 g/mol. The lowest BCUT2D eigenvalue weighted by molar-refractivity contribution is -0.0161. The third kappa shape index (κ3) is 3.08. The number of rotatable bonds is 4. The van der Waals surface area contributed by atoms with Crippen LogP contribution in [0.1, 0.15) is 17.6 Å². The van der Waals surface area contributed by atoms with Crippen molar-refractivity contribution in [3.63, 3.8) is 0 Å². The molecule has 2 aromatic heterocycles. The Morgan fingerprint density at radius 3 is 2.92 bits per heavy atom. The summed E-state index contributed by atoms with van der Waals surface area (Å²) >= 11 is 0. The number of morpholine rings is 1. The lowest BCUT2D eigenvalue weighted by Crippen LogP contribution is -2.39. The zero-order valence-electron chi connectivity index (χ0n) is 13.1. The van der Waals surface area contributed by atoms with E-state index in [0.29, 0.717) is 13.2 Å². The molecule has 0 radical (unpaired) electrons. The van der Waals surface area contributed by atoms with E-state index >= 15 is 0 Å². The Balaban J connectivity index is 1.56. The second-order valence-corrected chi connectivity index (χ2v) is 5.83. The van der Waals surface area contributed by atoms with Crippen LogP contribution in [0.5, 0.6) is 0 Å². The third-order valence-corrected chi connectivity index (χ3v) is 4.23. The van der Waals surface area contributed by atoms with Crippen molar-refractivity contribution >= 4 is 0 Å². The molecule has 0 aliphatic carbocycles. The number of halogens is 1. The van der Waals surface area contributed by atoms with Crippen molar-refractivity contribution in [1.82, 2.24) is 24.8 Å². The maximum absolute atomic E-state index is 13.1. The summed E-state index contributed by atoms with van der Waals surface area (Å²) in [5, 5.41) is 0. The van der Waals surface area contributed by atoms with Crippen LogP contribution in [0.15, 0.2) is 43.0 Å². The highest BCUT2D eigenvalue weighted by molar-refractivity contribution is 5.58. The molecule has 4 rings (SSSR count). The minimum atomic E-state index is -0.245. The van der Waals surface area contributed by atoms with Gasteiger partial charge in [0, 0.05) is 25.0 Å². The van der Waals surface area contributed by atoms with Gasteiger partial charge in [-0.2, -0.15) is 0 Å². The number of hydrogen-bond acceptors (Lipinski definition) is 4. The lowest BCUT2D eigenvalue weighted by Gasteiger charge is -2.33. The molecule has 24 heavy (non-hydrogen) atoms. The number of nitrogens with zero attached hydrogens (tertiary/aromatic N) is 3. The second-order valence-electron chi connectivity index (χ2n) is 5.83. The zero-order valence-corrected chi connectivity index (χ0v) is 13.1. The minimum Gasteiger partial charge on any atom is -0.378 e. The molecule has 1 saturated heterocycles. The first-order valence-electron chi connectivity index (χ1n) is 7.89. The van der Waals surface area contributed by atoms with E-state index in [1.165, 1.54) is 12.1 Å². The van der Waals surface area contributed by atoms with E-state index in [4.69, 9.17) is 4.74 Å². The van der Waals surface area contributed by atoms with Crippen LogP contribution in [0, 0.1) is 5.82 Å². The second kappa shape index (κ2) is 6.54. The van der Waals surface area contributed by atoms with Crippen LogP contribution in [0.25, 0.3) is 11.3 Å². The molecule has 1 aromatic carbocycles. The van der Waals surface area contributed by atoms with Gasteiger partial charge in [-0.15, -0.1) is 0 Å². The molecule has 124 valence electrons. The van der Waals surface area contributed by atoms with Crippen molar-refractivity contribution in [1.29, 1.82) is 0 Å². The Hall–Kier alpha value is -2.51. The Bertz CT molecular complexity index is 784. The van der Waals surface area contributed by atoms with Crippen LogP contribution < -0.4 is 0 Å². The summed E-state index contributed by atoms with van der Waals surface area (Å²) < 4.78 is 18.7. The summed E-state index contributed by atoms with van der Waals surface area (Å²) in [7, 11) is 0. The highest BCUT2D eigenvalue weighted by Gasteiger charge is 2.27. The largest absolute Gasteiger partial charge is 0.378 e. The molecule has 7 heteroatoms. The van der Waals surface area contributed by atoms with Crippen LogP contribution in [0.4, 0.5) is 4.39 Å². The number of H-pyrrole nitrogens is 2. The van der Waals surface area contributed by atoms with E-state index in [1.807, 2.05) is 6.20 Å². The summed E-state index contributed by atoms with van der Waals surface area (Å²) in [6.45, 7) is 2.89. The molecule has 0 spiro atoms. The van der Waals surface area contributed by atoms with Gasteiger partial charge in [-0.1, -0.05) is 0 Å². The van der Waals surface area contributed by atoms with Crippen molar-refractivity contribution in [2.45, 2.75) is 12.6 Å². The van der Waals surface area contributed by atoms with E-state index in [2.05, 4.69) is 24.8 Å². The van der Waals surface area contributed by atoms with Crippen LogP contribution in [0.2, 0.25) is 0 Å². The van der Waals surface area contributed by atoms with Crippen molar-refractivity contribution in [2.75, 3.05) is 19.8 Å². The summed E-state index contributed by atoms with van der Waals surface area (Å²) in [6, 6.07) is 6.43. The molecule has 1 aliphatic rings. The fourth-order valence-corrected chi connectivity index (χ4v) is 2.95. The molecular formula is C17H18FN5O. The number of aromatic nitrogens is 4. The van der Waals surface area contributed by atoms with Crippen LogP contribution >= 0.6 is 0 Å². The average molecular weight is 327 g/mol. The van der Waals surface area contributed by atoms with E-state index in [0.717, 1.165) is 35.9 Å². The van der Waals surface area contributed by atoms with E-state index in [-0.39, 0.29) is 11.9 Å². The summed E-state index contributed by atoms with van der Waals surface area (Å²) in [6.07, 6.45) is 5.30. The van der Waals surface area contributed by atoms with Gasteiger partial charge in [0.2, 0.25) is 0 Å². The number of nitrogens with one attached hydrogen (secondary N) is 2. The van der Waals surface area contributed by atoms with Gasteiger partial charge in [-0.3, -0.25) is 4.90 Å². The molecule has 3 aromatic rings. The lowest BCUT2D eigenvalue weighted by atomic mass is 10.1. The number of ether oxygens (including phenoxy) is 1. The monoisotopic (exact) mass is 327 g/mol. The summed E-state index contributed by atoms with van der Waals surface area (Å²) in [5.41, 5.74) is 2.84. The van der Waals surface area contributed by atoms with Gasteiger partial charge < -0.3 is 14.7 Å². The zero-order chi connectivity index (χ0) is 16.4. The van der Waals surface area contributed by atoms with Gasteiger partial charge in [0.15, 0.2) is 0 Å². The molecule has 0 saturated carbocycles.